The highest BCUT2D eigenvalue weighted by atomic mass is 16.5. The van der Waals surface area contributed by atoms with Crippen molar-refractivity contribution in [2.45, 2.75) is 38.6 Å². The zero-order valence-electron chi connectivity index (χ0n) is 19.8. The van der Waals surface area contributed by atoms with Gasteiger partial charge >= 0.3 is 5.97 Å². The molecular formula is C27H29N3O4. The van der Waals surface area contributed by atoms with Crippen molar-refractivity contribution in [3.63, 3.8) is 0 Å². The van der Waals surface area contributed by atoms with Crippen LogP contribution in [-0.4, -0.2) is 42.3 Å². The third kappa shape index (κ3) is 4.46. The van der Waals surface area contributed by atoms with E-state index in [-0.39, 0.29) is 23.5 Å². The number of carbonyl (C=O) groups is 3. The average molecular weight is 460 g/mol. The van der Waals surface area contributed by atoms with Gasteiger partial charge in [0.05, 0.1) is 0 Å². The number of anilines is 1. The first-order chi connectivity index (χ1) is 16.2. The number of allylic oxidation sites excluding steroid dienone is 1. The summed E-state index contributed by atoms with van der Waals surface area (Å²) in [6.45, 7) is 5.08. The first kappa shape index (κ1) is 23.3. The molecule has 0 fully saturated rings. The van der Waals surface area contributed by atoms with Crippen LogP contribution < -0.4 is 10.2 Å². The first-order valence-electron chi connectivity index (χ1n) is 11.3. The van der Waals surface area contributed by atoms with Crippen LogP contribution in [0.1, 0.15) is 31.9 Å². The number of H-pyrrole nitrogens is 1. The number of carbonyl (C=O) groups excluding carboxylic acids is 3. The number of para-hydroxylation sites is 2. The molecule has 0 spiro atoms. The Balaban J connectivity index is 1.45. The van der Waals surface area contributed by atoms with Gasteiger partial charge in [-0.05, 0) is 23.3 Å². The van der Waals surface area contributed by atoms with Crippen LogP contribution in [0.15, 0.2) is 66.5 Å². The Morgan fingerprint density at radius 1 is 1.12 bits per heavy atom. The minimum absolute atomic E-state index is 0.253. The lowest BCUT2D eigenvalue weighted by Gasteiger charge is -2.24. The zero-order chi connectivity index (χ0) is 24.5. The van der Waals surface area contributed by atoms with E-state index >= 15 is 0 Å². The van der Waals surface area contributed by atoms with Gasteiger partial charge in [-0.15, -0.1) is 0 Å². The van der Waals surface area contributed by atoms with Gasteiger partial charge in [0.1, 0.15) is 6.04 Å². The Labute approximate surface area is 198 Å². The Kier molecular flexibility index (Phi) is 6.28. The number of hydrogen-bond acceptors (Lipinski definition) is 5. The molecule has 3 aromatic rings. The zero-order valence-corrected chi connectivity index (χ0v) is 19.8. The van der Waals surface area contributed by atoms with Crippen molar-refractivity contribution < 1.29 is 19.1 Å². The molecule has 2 heterocycles. The Morgan fingerprint density at radius 3 is 2.56 bits per heavy atom. The molecule has 1 atom stereocenters. The number of benzene rings is 2. The number of nitrogens with zero attached hydrogens (tertiary/aromatic N) is 1. The summed E-state index contributed by atoms with van der Waals surface area (Å²) >= 11 is 0. The Bertz CT molecular complexity index is 1290. The largest absolute Gasteiger partial charge is 0.456 e. The Morgan fingerprint density at radius 2 is 1.82 bits per heavy atom. The molecule has 2 aromatic carbocycles. The standard InChI is InChI=1S/C27H29N3O4/c1-17(31)29-23(13-18-15-28-22-11-7-5-9-20(18)22)26(33)34-16-19(32)14-25-27(2,3)21-10-6-8-12-24(21)30(25)4/h5-12,14-15,23,28H,13,16H2,1-4H3,(H,29,31)/b25-14+. The molecule has 0 saturated carbocycles. The van der Waals surface area contributed by atoms with Crippen LogP contribution in [0, 0.1) is 0 Å². The molecule has 0 bridgehead atoms. The number of nitrogens with one attached hydrogen (secondary N) is 2. The van der Waals surface area contributed by atoms with E-state index in [2.05, 4.69) is 30.2 Å². The maximum absolute atomic E-state index is 12.8. The number of ether oxygens (including phenoxy) is 1. The van der Waals surface area contributed by atoms with Gasteiger partial charge in [-0.3, -0.25) is 9.59 Å². The second-order valence-corrected chi connectivity index (χ2v) is 9.12. The molecule has 1 unspecified atom stereocenters. The SMILES string of the molecule is CC(=O)NC(Cc1c[nH]c2ccccc12)C(=O)OCC(=O)/C=C1/N(C)c2ccccc2C1(C)C. The van der Waals surface area contributed by atoms with Crippen LogP contribution in [0.3, 0.4) is 0 Å². The first-order valence-corrected chi connectivity index (χ1v) is 11.3. The molecule has 1 aliphatic rings. The summed E-state index contributed by atoms with van der Waals surface area (Å²) in [5.74, 6) is -1.30. The van der Waals surface area contributed by atoms with E-state index in [0.717, 1.165) is 33.4 Å². The molecular weight excluding hydrogens is 430 g/mol. The van der Waals surface area contributed by atoms with Crippen molar-refractivity contribution in [3.8, 4) is 0 Å². The lowest BCUT2D eigenvalue weighted by molar-refractivity contribution is -0.150. The van der Waals surface area contributed by atoms with Gasteiger partial charge < -0.3 is 19.9 Å². The number of aromatic nitrogens is 1. The number of fused-ring (bicyclic) bond motifs is 2. The van der Waals surface area contributed by atoms with E-state index in [9.17, 15) is 14.4 Å². The normalized spacial score (nSPS) is 16.4. The molecule has 176 valence electrons. The van der Waals surface area contributed by atoms with Gasteiger partial charge in [0, 0.05) is 60.4 Å². The fraction of sp³-hybridized carbons (Fsp3) is 0.296. The average Bonchev–Trinajstić information content (AvgIpc) is 3.29. The molecule has 0 radical (unpaired) electrons. The maximum Gasteiger partial charge on any atom is 0.329 e. The summed E-state index contributed by atoms with van der Waals surface area (Å²) in [5, 5.41) is 3.62. The van der Waals surface area contributed by atoms with Gasteiger partial charge in [0.15, 0.2) is 12.4 Å². The van der Waals surface area contributed by atoms with Crippen molar-refractivity contribution in [1.29, 1.82) is 0 Å². The predicted molar refractivity (Wildman–Crippen MR) is 132 cm³/mol. The van der Waals surface area contributed by atoms with E-state index < -0.39 is 18.6 Å². The minimum Gasteiger partial charge on any atom is -0.456 e. The van der Waals surface area contributed by atoms with Crippen LogP contribution in [-0.2, 0) is 31.0 Å². The van der Waals surface area contributed by atoms with Gasteiger partial charge in [-0.1, -0.05) is 50.2 Å². The molecule has 1 aromatic heterocycles. The van der Waals surface area contributed by atoms with Crippen LogP contribution in [0.25, 0.3) is 10.9 Å². The number of esters is 1. The number of ketones is 1. The summed E-state index contributed by atoms with van der Waals surface area (Å²) in [6.07, 6.45) is 3.61. The van der Waals surface area contributed by atoms with Crippen molar-refractivity contribution >= 4 is 34.3 Å². The molecule has 1 amide bonds. The van der Waals surface area contributed by atoms with Crippen LogP contribution >= 0.6 is 0 Å². The molecule has 7 nitrogen and oxygen atoms in total. The molecule has 1 aliphatic heterocycles. The maximum atomic E-state index is 12.8. The summed E-state index contributed by atoms with van der Waals surface area (Å²) < 4.78 is 5.34. The molecule has 0 saturated heterocycles. The monoisotopic (exact) mass is 459 g/mol. The summed E-state index contributed by atoms with van der Waals surface area (Å²) in [7, 11) is 1.92. The topological polar surface area (TPSA) is 91.5 Å². The fourth-order valence-corrected chi connectivity index (χ4v) is 4.65. The van der Waals surface area contributed by atoms with Crippen molar-refractivity contribution in [2.75, 3.05) is 18.6 Å². The summed E-state index contributed by atoms with van der Waals surface area (Å²) in [6, 6.07) is 14.9. The van der Waals surface area contributed by atoms with Gasteiger partial charge in [0.2, 0.25) is 5.91 Å². The van der Waals surface area contributed by atoms with Gasteiger partial charge in [-0.25, -0.2) is 4.79 Å². The molecule has 4 rings (SSSR count). The predicted octanol–water partition coefficient (Wildman–Crippen LogP) is 3.64. The molecule has 2 N–H and O–H groups in total. The number of rotatable bonds is 7. The quantitative estimate of drug-likeness (QED) is 0.416. The van der Waals surface area contributed by atoms with E-state index in [1.54, 1.807) is 6.08 Å². The van der Waals surface area contributed by atoms with Gasteiger partial charge in [-0.2, -0.15) is 0 Å². The van der Waals surface area contributed by atoms with Crippen molar-refractivity contribution in [3.05, 3.63) is 77.6 Å². The smallest absolute Gasteiger partial charge is 0.329 e. The second kappa shape index (κ2) is 9.17. The molecule has 34 heavy (non-hydrogen) atoms. The second-order valence-electron chi connectivity index (χ2n) is 9.12. The number of amides is 1. The fourth-order valence-electron chi connectivity index (χ4n) is 4.65. The number of likely N-dealkylation sites (N-methyl/N-ethyl adjacent to an activating group) is 1. The highest BCUT2D eigenvalue weighted by Gasteiger charge is 2.38. The molecule has 7 heteroatoms. The van der Waals surface area contributed by atoms with E-state index in [1.165, 1.54) is 6.92 Å². The highest BCUT2D eigenvalue weighted by molar-refractivity contribution is 5.95. The lowest BCUT2D eigenvalue weighted by Crippen LogP contribution is -2.42. The summed E-state index contributed by atoms with van der Waals surface area (Å²) in [4.78, 5) is 42.5. The van der Waals surface area contributed by atoms with Gasteiger partial charge in [0.25, 0.3) is 0 Å². The van der Waals surface area contributed by atoms with Crippen molar-refractivity contribution in [1.82, 2.24) is 10.3 Å². The minimum atomic E-state index is -0.896. The lowest BCUT2D eigenvalue weighted by atomic mass is 9.83. The highest BCUT2D eigenvalue weighted by Crippen LogP contribution is 2.46. The summed E-state index contributed by atoms with van der Waals surface area (Å²) in [5.41, 5.74) is 4.50. The number of hydrogen-bond donors (Lipinski definition) is 2. The van der Waals surface area contributed by atoms with Crippen LogP contribution in [0.4, 0.5) is 5.69 Å². The molecule has 0 aliphatic carbocycles. The van der Waals surface area contributed by atoms with E-state index in [0.29, 0.717) is 0 Å². The Hall–Kier alpha value is -3.87. The van der Waals surface area contributed by atoms with E-state index in [1.807, 2.05) is 60.6 Å². The third-order valence-electron chi connectivity index (χ3n) is 6.36. The van der Waals surface area contributed by atoms with E-state index in [4.69, 9.17) is 4.74 Å². The van der Waals surface area contributed by atoms with Crippen molar-refractivity contribution in [2.24, 2.45) is 0 Å². The van der Waals surface area contributed by atoms with Crippen LogP contribution in [0.2, 0.25) is 0 Å². The third-order valence-corrected chi connectivity index (χ3v) is 6.36. The number of aromatic amines is 1. The van der Waals surface area contributed by atoms with Crippen LogP contribution in [0.5, 0.6) is 0 Å².